The number of rotatable bonds is 7. The van der Waals surface area contributed by atoms with Gasteiger partial charge >= 0.3 is 0 Å². The number of benzene rings is 2. The van der Waals surface area contributed by atoms with Crippen LogP contribution in [0.15, 0.2) is 54.6 Å². The third kappa shape index (κ3) is 4.94. The Morgan fingerprint density at radius 2 is 1.81 bits per heavy atom. The van der Waals surface area contributed by atoms with E-state index in [4.69, 9.17) is 16.3 Å². The number of halogens is 1. The second-order valence-electron chi connectivity index (χ2n) is 12.8. The van der Waals surface area contributed by atoms with Crippen molar-refractivity contribution >= 4 is 35.0 Å². The number of hydrogen-bond acceptors (Lipinski definition) is 4. The molecule has 1 aliphatic carbocycles. The maximum atomic E-state index is 14.3. The third-order valence-electron chi connectivity index (χ3n) is 10.3. The van der Waals surface area contributed by atoms with E-state index >= 15 is 0 Å². The summed E-state index contributed by atoms with van der Waals surface area (Å²) in [6.07, 6.45) is 6.86. The van der Waals surface area contributed by atoms with Crippen LogP contribution in [0.2, 0.25) is 5.02 Å². The predicted molar refractivity (Wildman–Crippen MR) is 163 cm³/mol. The summed E-state index contributed by atoms with van der Waals surface area (Å²) in [5, 5.41) is 6.99. The summed E-state index contributed by atoms with van der Waals surface area (Å²) in [7, 11) is 0. The van der Waals surface area contributed by atoms with Crippen molar-refractivity contribution < 1.29 is 19.1 Å². The Bertz CT molecular complexity index is 1420. The van der Waals surface area contributed by atoms with Crippen molar-refractivity contribution in [3.8, 4) is 0 Å². The largest absolute Gasteiger partial charge is 0.359 e. The molecule has 7 nitrogen and oxygen atoms in total. The number of ether oxygens (including phenoxy) is 1. The molecule has 8 atom stereocenters. The van der Waals surface area contributed by atoms with E-state index in [1.807, 2.05) is 68.5 Å². The molecule has 42 heavy (non-hydrogen) atoms. The number of fused-ring (bicyclic) bond motifs is 1. The zero-order valence-corrected chi connectivity index (χ0v) is 25.5. The lowest BCUT2D eigenvalue weighted by molar-refractivity contribution is -0.141. The molecule has 1 spiro atoms. The quantitative estimate of drug-likeness (QED) is 0.433. The van der Waals surface area contributed by atoms with Crippen LogP contribution in [0.25, 0.3) is 0 Å². The normalized spacial score (nSPS) is 33.1. The highest BCUT2D eigenvalue weighted by atomic mass is 35.5. The number of aryl methyl sites for hydroxylation is 2. The SMILES string of the molecule is Cc1ccc(NC(=O)C2[C@@H]3C=CC4(O3)C(C(=O)NC3CCCC(C)C3C)N(CCc3ccc(Cl)cc3)C(=O)[C@H]24)cc1C. The average Bonchev–Trinajstić information content (AvgIpc) is 3.60. The standard InChI is InChI=1S/C34H40ClN3O4/c1-19-8-13-25(18-21(19)3)36-31(39)28-27-14-16-34(42-27)29(28)33(41)38(17-15-23-9-11-24(35)12-10-23)30(34)32(40)37-26-7-5-6-20(2)22(26)4/h8-14,16,18,20,22,26-30H,5-7,15,17H2,1-4H3,(H,36,39)(H,37,40)/t20?,22?,26?,27-,28?,29-,30?,34?/m0/s1. The van der Waals surface area contributed by atoms with Gasteiger partial charge in [-0.25, -0.2) is 0 Å². The van der Waals surface area contributed by atoms with Crippen molar-refractivity contribution in [2.24, 2.45) is 23.7 Å². The van der Waals surface area contributed by atoms with Gasteiger partial charge in [0.2, 0.25) is 17.7 Å². The molecule has 6 rings (SSSR count). The van der Waals surface area contributed by atoms with E-state index in [0.29, 0.717) is 35.5 Å². The van der Waals surface area contributed by atoms with Crippen LogP contribution in [0, 0.1) is 37.5 Å². The van der Waals surface area contributed by atoms with E-state index in [1.165, 1.54) is 0 Å². The highest BCUT2D eigenvalue weighted by Crippen LogP contribution is 2.55. The van der Waals surface area contributed by atoms with Gasteiger partial charge in [0.15, 0.2) is 0 Å². The van der Waals surface area contributed by atoms with Crippen LogP contribution in [0.3, 0.4) is 0 Å². The fraction of sp³-hybridized carbons (Fsp3) is 0.500. The van der Waals surface area contributed by atoms with Crippen molar-refractivity contribution in [1.82, 2.24) is 10.2 Å². The molecule has 1 saturated carbocycles. The Labute approximate surface area is 253 Å². The van der Waals surface area contributed by atoms with Gasteiger partial charge < -0.3 is 20.3 Å². The second kappa shape index (κ2) is 11.2. The molecule has 2 aromatic rings. The molecular weight excluding hydrogens is 550 g/mol. The van der Waals surface area contributed by atoms with Crippen molar-refractivity contribution in [3.63, 3.8) is 0 Å². The number of nitrogens with one attached hydrogen (secondary N) is 2. The summed E-state index contributed by atoms with van der Waals surface area (Å²) in [4.78, 5) is 43.9. The summed E-state index contributed by atoms with van der Waals surface area (Å²) in [5.41, 5.74) is 2.72. The van der Waals surface area contributed by atoms with Crippen molar-refractivity contribution in [2.45, 2.75) is 77.2 Å². The predicted octanol–water partition coefficient (Wildman–Crippen LogP) is 5.23. The number of nitrogens with zero attached hydrogens (tertiary/aromatic N) is 1. The molecule has 2 saturated heterocycles. The number of likely N-dealkylation sites (tertiary alicyclic amines) is 1. The monoisotopic (exact) mass is 589 g/mol. The first-order valence-corrected chi connectivity index (χ1v) is 15.6. The molecule has 222 valence electrons. The van der Waals surface area contributed by atoms with Crippen molar-refractivity contribution in [2.75, 3.05) is 11.9 Å². The van der Waals surface area contributed by atoms with Crippen molar-refractivity contribution in [3.05, 3.63) is 76.3 Å². The molecule has 2 N–H and O–H groups in total. The van der Waals surface area contributed by atoms with Gasteiger partial charge in [-0.3, -0.25) is 14.4 Å². The maximum Gasteiger partial charge on any atom is 0.246 e. The molecule has 8 heteroatoms. The second-order valence-corrected chi connectivity index (χ2v) is 13.2. The van der Waals surface area contributed by atoms with E-state index < -0.39 is 29.6 Å². The summed E-state index contributed by atoms with van der Waals surface area (Å²) in [6, 6.07) is 12.5. The van der Waals surface area contributed by atoms with Gasteiger partial charge in [0.25, 0.3) is 0 Å². The Morgan fingerprint density at radius 1 is 1.05 bits per heavy atom. The maximum absolute atomic E-state index is 14.3. The van der Waals surface area contributed by atoms with E-state index in [9.17, 15) is 14.4 Å². The minimum atomic E-state index is -1.18. The number of hydrogen-bond donors (Lipinski definition) is 2. The molecule has 0 radical (unpaired) electrons. The molecule has 3 fully saturated rings. The minimum Gasteiger partial charge on any atom is -0.359 e. The lowest BCUT2D eigenvalue weighted by atomic mass is 9.73. The van der Waals surface area contributed by atoms with Gasteiger partial charge in [0, 0.05) is 23.3 Å². The van der Waals surface area contributed by atoms with Gasteiger partial charge in [-0.05, 0) is 79.5 Å². The number of anilines is 1. The number of amides is 3. The Hall–Kier alpha value is -3.16. The lowest BCUT2D eigenvalue weighted by Gasteiger charge is -2.38. The molecule has 0 aromatic heterocycles. The molecule has 3 heterocycles. The topological polar surface area (TPSA) is 87.7 Å². The molecule has 3 aliphatic heterocycles. The summed E-state index contributed by atoms with van der Waals surface area (Å²) < 4.78 is 6.52. The smallest absolute Gasteiger partial charge is 0.246 e. The van der Waals surface area contributed by atoms with Gasteiger partial charge in [0.1, 0.15) is 11.6 Å². The molecule has 4 aliphatic rings. The minimum absolute atomic E-state index is 0.0383. The van der Waals surface area contributed by atoms with Crippen LogP contribution in [0.1, 0.15) is 49.8 Å². The first-order chi connectivity index (χ1) is 20.1. The Kier molecular flexibility index (Phi) is 7.69. The average molecular weight is 590 g/mol. The number of carbonyl (C=O) groups excluding carboxylic acids is 3. The summed E-state index contributed by atoms with van der Waals surface area (Å²) >= 11 is 6.09. The lowest BCUT2D eigenvalue weighted by Crippen LogP contribution is -2.58. The van der Waals surface area contributed by atoms with Gasteiger partial charge in [0.05, 0.1) is 17.9 Å². The summed E-state index contributed by atoms with van der Waals surface area (Å²) in [6.45, 7) is 8.78. The molecule has 6 unspecified atom stereocenters. The third-order valence-corrected chi connectivity index (χ3v) is 10.5. The Morgan fingerprint density at radius 3 is 2.55 bits per heavy atom. The first kappa shape index (κ1) is 28.9. The van der Waals surface area contributed by atoms with Gasteiger partial charge in [-0.15, -0.1) is 0 Å². The molecular formula is C34H40ClN3O4. The zero-order chi connectivity index (χ0) is 29.8. The fourth-order valence-corrected chi connectivity index (χ4v) is 7.63. The van der Waals surface area contributed by atoms with E-state index in [0.717, 1.165) is 36.0 Å². The van der Waals surface area contributed by atoms with Crippen LogP contribution in [-0.4, -0.2) is 53.0 Å². The molecule has 3 amide bonds. The fourth-order valence-electron chi connectivity index (χ4n) is 7.50. The zero-order valence-electron chi connectivity index (χ0n) is 24.7. The van der Waals surface area contributed by atoms with E-state index in [-0.39, 0.29) is 23.8 Å². The van der Waals surface area contributed by atoms with Crippen LogP contribution in [0.5, 0.6) is 0 Å². The van der Waals surface area contributed by atoms with E-state index in [2.05, 4.69) is 24.5 Å². The van der Waals surface area contributed by atoms with Gasteiger partial charge in [-0.2, -0.15) is 0 Å². The summed E-state index contributed by atoms with van der Waals surface area (Å²) in [5.74, 6) is -1.33. The highest BCUT2D eigenvalue weighted by Gasteiger charge is 2.72. The molecule has 2 bridgehead atoms. The van der Waals surface area contributed by atoms with E-state index in [1.54, 1.807) is 4.90 Å². The van der Waals surface area contributed by atoms with Crippen LogP contribution in [0.4, 0.5) is 5.69 Å². The van der Waals surface area contributed by atoms with Crippen LogP contribution in [-0.2, 0) is 25.5 Å². The van der Waals surface area contributed by atoms with Crippen LogP contribution >= 0.6 is 11.6 Å². The Balaban J connectivity index is 1.30. The molecule has 2 aromatic carbocycles. The van der Waals surface area contributed by atoms with Crippen LogP contribution < -0.4 is 10.6 Å². The van der Waals surface area contributed by atoms with Crippen molar-refractivity contribution in [1.29, 1.82) is 0 Å². The number of carbonyl (C=O) groups is 3. The highest BCUT2D eigenvalue weighted by molar-refractivity contribution is 6.30. The first-order valence-electron chi connectivity index (χ1n) is 15.2. The van der Waals surface area contributed by atoms with Gasteiger partial charge in [-0.1, -0.05) is 68.6 Å².